The quantitative estimate of drug-likeness (QED) is 0.0788. The maximum absolute atomic E-state index is 13.0. The van der Waals surface area contributed by atoms with E-state index >= 15 is 0 Å². The van der Waals surface area contributed by atoms with Crippen molar-refractivity contribution in [2.45, 2.75) is 38.3 Å². The molecule has 0 aliphatic carbocycles. The van der Waals surface area contributed by atoms with Crippen molar-refractivity contribution in [1.82, 2.24) is 40.0 Å². The zero-order chi connectivity index (χ0) is 40.0. The number of hydrogen-bond donors (Lipinski definition) is 4. The third-order valence-electron chi connectivity index (χ3n) is 10.6. The third kappa shape index (κ3) is 8.62. The van der Waals surface area contributed by atoms with Gasteiger partial charge in [-0.3, -0.25) is 38.8 Å². The summed E-state index contributed by atoms with van der Waals surface area (Å²) in [7, 11) is 1.69. The fraction of sp³-hybridized carbons (Fsp3) is 0.349. The molecule has 1 fully saturated rings. The molecule has 0 bridgehead atoms. The molecule has 6 aromatic rings. The first-order valence-corrected chi connectivity index (χ1v) is 19.7. The number of imidazole rings is 1. The van der Waals surface area contributed by atoms with Gasteiger partial charge in [-0.05, 0) is 66.4 Å². The molecule has 58 heavy (non-hydrogen) atoms. The summed E-state index contributed by atoms with van der Waals surface area (Å²) >= 11 is 0. The molecule has 0 spiro atoms. The molecule has 3 amide bonds. The van der Waals surface area contributed by atoms with Crippen LogP contribution in [0.25, 0.3) is 44.5 Å². The summed E-state index contributed by atoms with van der Waals surface area (Å²) in [5.41, 5.74) is 9.44. The Kier molecular flexibility index (Phi) is 11.8. The van der Waals surface area contributed by atoms with E-state index in [4.69, 9.17) is 19.2 Å². The molecule has 4 N–H and O–H groups in total. The van der Waals surface area contributed by atoms with Gasteiger partial charge in [-0.2, -0.15) is 0 Å². The normalized spacial score (nSPS) is 15.5. The van der Waals surface area contributed by atoms with Crippen LogP contribution in [-0.2, 0) is 50.2 Å². The molecule has 0 saturated carbocycles. The standard InChI is InChI=1S/C43H46N8O7/c1-50-39-21-27(3-5-37(39)51(43(50)55)38-6-7-40(52)49-42(38)54)10-14-56-16-18-58-19-17-57-15-13-44-25-28-2-4-29-22-31(26-47-34(29)20-28)35-23-30(8-11-45-35)36-24-32-33(48-36)9-12-46-41(32)53/h2-5,8,11,20-24,26,38,44,48H,6-7,9-10,12-19,25H2,1H3,(H,46,53)(H,49,52,54). The van der Waals surface area contributed by atoms with Crippen LogP contribution in [0.4, 0.5) is 0 Å². The number of H-pyrrole nitrogens is 1. The highest BCUT2D eigenvalue weighted by Gasteiger charge is 2.31. The number of amides is 3. The predicted molar refractivity (Wildman–Crippen MR) is 217 cm³/mol. The zero-order valence-electron chi connectivity index (χ0n) is 32.3. The predicted octanol–water partition coefficient (Wildman–Crippen LogP) is 3.59. The van der Waals surface area contributed by atoms with Gasteiger partial charge in [0.05, 0.1) is 67.4 Å². The van der Waals surface area contributed by atoms with Crippen molar-refractivity contribution in [2.24, 2.45) is 7.05 Å². The van der Waals surface area contributed by atoms with Gasteiger partial charge < -0.3 is 29.8 Å². The summed E-state index contributed by atoms with van der Waals surface area (Å²) in [6, 6.07) is 19.3. The molecule has 0 radical (unpaired) electrons. The number of nitrogens with zero attached hydrogens (tertiary/aromatic N) is 4. The molecule has 1 unspecified atom stereocenters. The number of carbonyl (C=O) groups excluding carboxylic acids is 3. The Hall–Kier alpha value is -6.00. The number of ether oxygens (including phenoxy) is 3. The number of benzene rings is 2. The number of hydrogen-bond acceptors (Lipinski definition) is 10. The first-order valence-electron chi connectivity index (χ1n) is 19.7. The van der Waals surface area contributed by atoms with E-state index in [1.807, 2.05) is 42.6 Å². The average molecular weight is 787 g/mol. The molecule has 6 heterocycles. The fourth-order valence-corrected chi connectivity index (χ4v) is 7.53. The van der Waals surface area contributed by atoms with Gasteiger partial charge in [0.25, 0.3) is 5.91 Å². The van der Waals surface area contributed by atoms with Crippen LogP contribution in [0.15, 0.2) is 77.9 Å². The van der Waals surface area contributed by atoms with Gasteiger partial charge >= 0.3 is 5.69 Å². The summed E-state index contributed by atoms with van der Waals surface area (Å²) in [5, 5.41) is 9.68. The minimum atomic E-state index is -0.701. The number of fused-ring (bicyclic) bond motifs is 3. The van der Waals surface area contributed by atoms with E-state index in [1.54, 1.807) is 13.2 Å². The van der Waals surface area contributed by atoms with Crippen LogP contribution < -0.4 is 21.6 Å². The second-order valence-corrected chi connectivity index (χ2v) is 14.5. The van der Waals surface area contributed by atoms with Gasteiger partial charge in [0.15, 0.2) is 0 Å². The summed E-state index contributed by atoms with van der Waals surface area (Å²) in [4.78, 5) is 62.0. The number of rotatable bonds is 17. The number of aromatic nitrogens is 5. The smallest absolute Gasteiger partial charge is 0.329 e. The largest absolute Gasteiger partial charge is 0.379 e. The first kappa shape index (κ1) is 38.9. The van der Waals surface area contributed by atoms with Crippen molar-refractivity contribution in [3.05, 3.63) is 106 Å². The number of pyridine rings is 2. The van der Waals surface area contributed by atoms with Crippen LogP contribution >= 0.6 is 0 Å². The summed E-state index contributed by atoms with van der Waals surface area (Å²) in [6.07, 6.45) is 5.59. The molecule has 2 aliphatic heterocycles. The summed E-state index contributed by atoms with van der Waals surface area (Å²) in [5.74, 6) is -0.795. The van der Waals surface area contributed by atoms with Gasteiger partial charge in [0, 0.05) is 79.8 Å². The number of nitrogens with one attached hydrogen (secondary N) is 4. The van der Waals surface area contributed by atoms with E-state index in [2.05, 4.69) is 50.2 Å². The summed E-state index contributed by atoms with van der Waals surface area (Å²) < 4.78 is 20.2. The molecule has 300 valence electrons. The van der Waals surface area contributed by atoms with E-state index in [-0.39, 0.29) is 23.9 Å². The average Bonchev–Trinajstić information content (AvgIpc) is 3.78. The number of carbonyl (C=O) groups is 3. The lowest BCUT2D eigenvalue weighted by molar-refractivity contribution is -0.135. The van der Waals surface area contributed by atoms with Crippen molar-refractivity contribution in [2.75, 3.05) is 52.7 Å². The van der Waals surface area contributed by atoms with Crippen LogP contribution in [0.2, 0.25) is 0 Å². The lowest BCUT2D eigenvalue weighted by Crippen LogP contribution is -2.44. The highest BCUT2D eigenvalue weighted by Crippen LogP contribution is 2.29. The van der Waals surface area contributed by atoms with E-state index in [1.165, 1.54) is 9.13 Å². The molecule has 4 aromatic heterocycles. The van der Waals surface area contributed by atoms with Gasteiger partial charge in [0.1, 0.15) is 6.04 Å². The van der Waals surface area contributed by atoms with Crippen molar-refractivity contribution < 1.29 is 28.6 Å². The molecule has 1 saturated heterocycles. The van der Waals surface area contributed by atoms with Crippen LogP contribution in [0.5, 0.6) is 0 Å². The van der Waals surface area contributed by atoms with Crippen LogP contribution in [0, 0.1) is 0 Å². The van der Waals surface area contributed by atoms with Crippen LogP contribution in [0.1, 0.15) is 46.1 Å². The SMILES string of the molecule is Cn1c(=O)n(C2CCC(=O)NC2=O)c2ccc(CCOCCOCCOCCNCc3ccc4cc(-c5cc(-c6cc7c([nH]6)CCNC7=O)ccn5)cnc4c3)cc21. The van der Waals surface area contributed by atoms with Crippen molar-refractivity contribution in [3.63, 3.8) is 0 Å². The molecule has 2 aromatic carbocycles. The minimum absolute atomic E-state index is 0.0392. The fourth-order valence-electron chi connectivity index (χ4n) is 7.53. The van der Waals surface area contributed by atoms with Gasteiger partial charge in [0.2, 0.25) is 11.8 Å². The third-order valence-corrected chi connectivity index (χ3v) is 10.6. The van der Waals surface area contributed by atoms with Crippen LogP contribution in [0.3, 0.4) is 0 Å². The Labute approximate surface area is 334 Å². The van der Waals surface area contributed by atoms with E-state index in [9.17, 15) is 19.2 Å². The second kappa shape index (κ2) is 17.6. The molecule has 15 heteroatoms. The second-order valence-electron chi connectivity index (χ2n) is 14.5. The molecule has 8 rings (SSSR count). The first-order chi connectivity index (χ1) is 28.3. The molecular weight excluding hydrogens is 741 g/mol. The van der Waals surface area contributed by atoms with Crippen molar-refractivity contribution in [1.29, 1.82) is 0 Å². The summed E-state index contributed by atoms with van der Waals surface area (Å²) in [6.45, 7) is 4.98. The monoisotopic (exact) mass is 786 g/mol. The molecule has 2 aliphatic rings. The Morgan fingerprint density at radius 1 is 0.810 bits per heavy atom. The topological polar surface area (TPSA) is 183 Å². The Morgan fingerprint density at radius 2 is 1.62 bits per heavy atom. The number of aromatic amines is 1. The van der Waals surface area contributed by atoms with Gasteiger partial charge in [-0.25, -0.2) is 4.79 Å². The lowest BCUT2D eigenvalue weighted by atomic mass is 10.1. The Morgan fingerprint density at radius 3 is 2.45 bits per heavy atom. The highest BCUT2D eigenvalue weighted by molar-refractivity contribution is 6.00. The number of piperidine rings is 1. The highest BCUT2D eigenvalue weighted by atomic mass is 16.5. The van der Waals surface area contributed by atoms with E-state index < -0.39 is 11.9 Å². The van der Waals surface area contributed by atoms with Gasteiger partial charge in [-0.15, -0.1) is 0 Å². The molecular formula is C43H46N8O7. The number of imide groups is 1. The minimum Gasteiger partial charge on any atom is -0.379 e. The maximum atomic E-state index is 13.0. The Balaban J connectivity index is 0.703. The molecule has 1 atom stereocenters. The lowest BCUT2D eigenvalue weighted by Gasteiger charge is -2.21. The van der Waals surface area contributed by atoms with Gasteiger partial charge in [-0.1, -0.05) is 18.2 Å². The number of aryl methyl sites for hydroxylation is 1. The van der Waals surface area contributed by atoms with Crippen molar-refractivity contribution in [3.8, 4) is 22.5 Å². The molecule has 15 nitrogen and oxygen atoms in total. The zero-order valence-corrected chi connectivity index (χ0v) is 32.3. The maximum Gasteiger partial charge on any atom is 0.329 e. The van der Waals surface area contributed by atoms with E-state index in [0.717, 1.165) is 62.2 Å². The van der Waals surface area contributed by atoms with Crippen molar-refractivity contribution >= 4 is 39.7 Å². The Bertz CT molecular complexity index is 2540. The van der Waals surface area contributed by atoms with E-state index in [0.29, 0.717) is 83.2 Å². The van der Waals surface area contributed by atoms with Crippen LogP contribution in [-0.4, -0.2) is 94.5 Å².